The molecule has 5 rings (SSSR count). The summed E-state index contributed by atoms with van der Waals surface area (Å²) >= 11 is 0. The molecule has 3 saturated carbocycles. The van der Waals surface area contributed by atoms with Gasteiger partial charge in [0.25, 0.3) is 0 Å². The minimum absolute atomic E-state index is 0.00756. The SMILES string of the molecule is N/C(=N/O)C1CCC2CC(C(=O)NCC3CCNCC3)N(CC3CCC4CCCCC4C3)C2C1. The van der Waals surface area contributed by atoms with Crippen LogP contribution in [0, 0.1) is 35.5 Å². The first-order valence-electron chi connectivity index (χ1n) is 14.3. The van der Waals surface area contributed by atoms with Crippen molar-refractivity contribution in [3.8, 4) is 0 Å². The second-order valence-corrected chi connectivity index (χ2v) is 12.2. The molecule has 1 amide bonds. The number of piperidine rings is 1. The molecule has 0 bridgehead atoms. The Labute approximate surface area is 205 Å². The third-order valence-corrected chi connectivity index (χ3v) is 10.3. The third kappa shape index (κ3) is 5.40. The molecule has 0 aromatic rings. The van der Waals surface area contributed by atoms with Gasteiger partial charge in [0, 0.05) is 25.0 Å². The zero-order valence-corrected chi connectivity index (χ0v) is 21.0. The van der Waals surface area contributed by atoms with Crippen LogP contribution in [0.3, 0.4) is 0 Å². The number of carbonyl (C=O) groups excluding carboxylic acids is 1. The summed E-state index contributed by atoms with van der Waals surface area (Å²) < 4.78 is 0. The van der Waals surface area contributed by atoms with Crippen LogP contribution in [-0.4, -0.2) is 60.1 Å². The van der Waals surface area contributed by atoms with Gasteiger partial charge in [0.1, 0.15) is 5.84 Å². The van der Waals surface area contributed by atoms with Crippen LogP contribution in [0.5, 0.6) is 0 Å². The van der Waals surface area contributed by atoms with E-state index in [1.165, 1.54) is 44.9 Å². The van der Waals surface area contributed by atoms with E-state index < -0.39 is 0 Å². The quantitative estimate of drug-likeness (QED) is 0.205. The van der Waals surface area contributed by atoms with Crippen molar-refractivity contribution in [3.05, 3.63) is 0 Å². The van der Waals surface area contributed by atoms with E-state index in [1.54, 1.807) is 0 Å². The summed E-state index contributed by atoms with van der Waals surface area (Å²) in [5, 5.41) is 19.4. The lowest BCUT2D eigenvalue weighted by atomic mass is 9.67. The molecule has 7 nitrogen and oxygen atoms in total. The molecule has 0 spiro atoms. The lowest BCUT2D eigenvalue weighted by Gasteiger charge is -2.43. The van der Waals surface area contributed by atoms with Crippen molar-refractivity contribution in [2.24, 2.45) is 46.4 Å². The van der Waals surface area contributed by atoms with E-state index in [2.05, 4.69) is 20.7 Å². The molecule has 5 fully saturated rings. The van der Waals surface area contributed by atoms with Crippen LogP contribution < -0.4 is 16.4 Å². The Bertz CT molecular complexity index is 724. The first-order chi connectivity index (χ1) is 16.6. The van der Waals surface area contributed by atoms with Gasteiger partial charge in [-0.05, 0) is 100 Å². The summed E-state index contributed by atoms with van der Waals surface area (Å²) in [5.41, 5.74) is 6.06. The smallest absolute Gasteiger partial charge is 0.237 e. The van der Waals surface area contributed by atoms with Crippen LogP contribution in [0.25, 0.3) is 0 Å². The largest absolute Gasteiger partial charge is 0.409 e. The Morgan fingerprint density at radius 3 is 2.47 bits per heavy atom. The number of rotatable bonds is 6. The predicted molar refractivity (Wildman–Crippen MR) is 135 cm³/mol. The van der Waals surface area contributed by atoms with Gasteiger partial charge in [0.05, 0.1) is 6.04 Å². The van der Waals surface area contributed by atoms with Gasteiger partial charge in [-0.1, -0.05) is 30.8 Å². The maximum Gasteiger partial charge on any atom is 0.237 e. The molecule has 0 aromatic heterocycles. The Morgan fingerprint density at radius 1 is 0.912 bits per heavy atom. The summed E-state index contributed by atoms with van der Waals surface area (Å²) in [4.78, 5) is 16.1. The maximum atomic E-state index is 13.5. The predicted octanol–water partition coefficient (Wildman–Crippen LogP) is 3.31. The third-order valence-electron chi connectivity index (χ3n) is 10.3. The molecule has 5 N–H and O–H groups in total. The van der Waals surface area contributed by atoms with Crippen LogP contribution >= 0.6 is 0 Å². The number of nitrogens with one attached hydrogen (secondary N) is 2. The number of amides is 1. The topological polar surface area (TPSA) is 103 Å². The van der Waals surface area contributed by atoms with Crippen LogP contribution in [-0.2, 0) is 4.79 Å². The van der Waals surface area contributed by atoms with Crippen molar-refractivity contribution in [1.82, 2.24) is 15.5 Å². The normalized spacial score (nSPS) is 39.9. The number of hydrogen-bond donors (Lipinski definition) is 4. The minimum Gasteiger partial charge on any atom is -0.409 e. The molecular weight excluding hydrogens is 426 g/mol. The van der Waals surface area contributed by atoms with Gasteiger partial charge in [0.15, 0.2) is 0 Å². The number of oxime groups is 1. The molecule has 0 radical (unpaired) electrons. The average Bonchev–Trinajstić information content (AvgIpc) is 3.25. The van der Waals surface area contributed by atoms with Gasteiger partial charge >= 0.3 is 0 Å². The van der Waals surface area contributed by atoms with Crippen molar-refractivity contribution in [2.75, 3.05) is 26.2 Å². The minimum atomic E-state index is -0.00756. The molecule has 0 aromatic carbocycles. The molecule has 7 atom stereocenters. The molecule has 3 aliphatic carbocycles. The number of hydrogen-bond acceptors (Lipinski definition) is 5. The van der Waals surface area contributed by atoms with Crippen LogP contribution in [0.1, 0.15) is 83.5 Å². The highest BCUT2D eigenvalue weighted by molar-refractivity contribution is 5.83. The summed E-state index contributed by atoms with van der Waals surface area (Å²) in [7, 11) is 0. The second kappa shape index (κ2) is 11.2. The fraction of sp³-hybridized carbons (Fsp3) is 0.926. The maximum absolute atomic E-state index is 13.5. The average molecular weight is 474 g/mol. The molecule has 2 heterocycles. The number of carbonyl (C=O) groups is 1. The molecular formula is C27H47N5O2. The van der Waals surface area contributed by atoms with E-state index in [0.29, 0.717) is 29.6 Å². The Kier molecular flexibility index (Phi) is 7.99. The van der Waals surface area contributed by atoms with E-state index in [0.717, 1.165) is 76.5 Å². The van der Waals surface area contributed by atoms with Crippen molar-refractivity contribution >= 4 is 11.7 Å². The van der Waals surface area contributed by atoms with E-state index in [1.807, 2.05) is 0 Å². The van der Waals surface area contributed by atoms with Crippen molar-refractivity contribution in [3.63, 3.8) is 0 Å². The van der Waals surface area contributed by atoms with E-state index in [9.17, 15) is 10.0 Å². The first kappa shape index (κ1) is 24.4. The van der Waals surface area contributed by atoms with Gasteiger partial charge in [-0.2, -0.15) is 0 Å². The summed E-state index contributed by atoms with van der Waals surface area (Å²) in [6, 6.07) is 0.379. The molecule has 192 valence electrons. The molecule has 7 unspecified atom stereocenters. The zero-order valence-electron chi connectivity index (χ0n) is 21.0. The standard InChI is InChI=1S/C27H47N5O2/c28-26(31-34)23-8-7-22-14-25(27(33)30-16-18-9-11-29-12-10-18)32(24(22)15-23)17-19-5-6-20-3-1-2-4-21(20)13-19/h18-25,29,34H,1-17H2,(H2,28,31)(H,30,33). The van der Waals surface area contributed by atoms with Crippen molar-refractivity contribution in [2.45, 2.75) is 95.6 Å². The highest BCUT2D eigenvalue weighted by Crippen LogP contribution is 2.46. The molecule has 2 aliphatic heterocycles. The lowest BCUT2D eigenvalue weighted by molar-refractivity contribution is -0.126. The van der Waals surface area contributed by atoms with E-state index in [-0.39, 0.29) is 17.9 Å². The highest BCUT2D eigenvalue weighted by Gasteiger charge is 2.48. The van der Waals surface area contributed by atoms with Crippen LogP contribution in [0.15, 0.2) is 5.16 Å². The second-order valence-electron chi connectivity index (χ2n) is 12.2. The molecule has 2 saturated heterocycles. The van der Waals surface area contributed by atoms with Gasteiger partial charge in [-0.3, -0.25) is 9.69 Å². The molecule has 34 heavy (non-hydrogen) atoms. The summed E-state index contributed by atoms with van der Waals surface area (Å²) in [6.45, 7) is 4.01. The zero-order chi connectivity index (χ0) is 23.5. The molecule has 5 aliphatic rings. The lowest BCUT2D eigenvalue weighted by Crippen LogP contribution is -2.51. The van der Waals surface area contributed by atoms with Crippen LogP contribution in [0.4, 0.5) is 0 Å². The Hall–Kier alpha value is -1.34. The van der Waals surface area contributed by atoms with E-state index in [4.69, 9.17) is 5.73 Å². The number of amidine groups is 1. The van der Waals surface area contributed by atoms with Gasteiger partial charge < -0.3 is 21.6 Å². The van der Waals surface area contributed by atoms with Gasteiger partial charge in [0.2, 0.25) is 5.91 Å². The number of nitrogens with two attached hydrogens (primary N) is 1. The van der Waals surface area contributed by atoms with Gasteiger partial charge in [-0.25, -0.2) is 0 Å². The van der Waals surface area contributed by atoms with Crippen LogP contribution in [0.2, 0.25) is 0 Å². The highest BCUT2D eigenvalue weighted by atomic mass is 16.4. The van der Waals surface area contributed by atoms with E-state index >= 15 is 0 Å². The summed E-state index contributed by atoms with van der Waals surface area (Å²) in [5.74, 6) is 4.51. The fourth-order valence-corrected chi connectivity index (χ4v) is 8.30. The monoisotopic (exact) mass is 473 g/mol. The number of nitrogens with zero attached hydrogens (tertiary/aromatic N) is 2. The first-order valence-corrected chi connectivity index (χ1v) is 14.3. The fourth-order valence-electron chi connectivity index (χ4n) is 8.30. The molecule has 7 heteroatoms. The van der Waals surface area contributed by atoms with Crippen molar-refractivity contribution < 1.29 is 10.0 Å². The number of fused-ring (bicyclic) bond motifs is 2. The Balaban J connectivity index is 1.26. The Morgan fingerprint density at radius 2 is 1.68 bits per heavy atom. The number of likely N-dealkylation sites (tertiary alicyclic amines) is 1. The van der Waals surface area contributed by atoms with Gasteiger partial charge in [-0.15, -0.1) is 0 Å². The van der Waals surface area contributed by atoms with Crippen molar-refractivity contribution in [1.29, 1.82) is 0 Å². The summed E-state index contributed by atoms with van der Waals surface area (Å²) in [6.07, 6.45) is 16.0.